The number of rotatable bonds is 2. The third-order valence-corrected chi connectivity index (χ3v) is 6.19. The monoisotopic (exact) mass is 314 g/mol. The highest BCUT2D eigenvalue weighted by Gasteiger charge is 2.31. The number of hydrogen-bond acceptors (Lipinski definition) is 4. The first-order chi connectivity index (χ1) is 7.91. The van der Waals surface area contributed by atoms with Gasteiger partial charge in [0.15, 0.2) is 0 Å². The summed E-state index contributed by atoms with van der Waals surface area (Å²) in [6, 6.07) is 1.56. The fourth-order valence-corrected chi connectivity index (χ4v) is 5.40. The van der Waals surface area contributed by atoms with E-state index in [9.17, 15) is 8.42 Å². The van der Waals surface area contributed by atoms with Crippen molar-refractivity contribution >= 4 is 44.6 Å². The van der Waals surface area contributed by atoms with Gasteiger partial charge in [0, 0.05) is 25.7 Å². The van der Waals surface area contributed by atoms with E-state index in [1.165, 1.54) is 10.4 Å². The number of hydrogen-bond donors (Lipinski definition) is 1. The van der Waals surface area contributed by atoms with Crippen molar-refractivity contribution in [3.63, 3.8) is 0 Å². The van der Waals surface area contributed by atoms with E-state index in [0.717, 1.165) is 11.3 Å². The zero-order valence-electron chi connectivity index (χ0n) is 9.11. The molecule has 0 amide bonds. The van der Waals surface area contributed by atoms with Gasteiger partial charge >= 0.3 is 0 Å². The molecule has 0 bridgehead atoms. The molecule has 1 aromatic rings. The molecule has 96 valence electrons. The predicted octanol–water partition coefficient (Wildman–Crippen LogP) is 2.04. The van der Waals surface area contributed by atoms with Gasteiger partial charge in [-0.15, -0.1) is 11.3 Å². The molecule has 0 aliphatic carbocycles. The van der Waals surface area contributed by atoms with Crippen molar-refractivity contribution < 1.29 is 8.42 Å². The molecule has 0 radical (unpaired) electrons. The lowest BCUT2D eigenvalue weighted by atomic mass is 10.3. The Morgan fingerprint density at radius 2 is 2.24 bits per heavy atom. The Balaban J connectivity index is 2.33. The van der Waals surface area contributed by atoms with Crippen LogP contribution in [0.25, 0.3) is 0 Å². The van der Waals surface area contributed by atoms with E-state index in [0.29, 0.717) is 24.0 Å². The molecule has 1 aromatic heterocycles. The number of thiophene rings is 1. The fraction of sp³-hybridized carbons (Fsp3) is 0.556. The summed E-state index contributed by atoms with van der Waals surface area (Å²) in [6.07, 6.45) is 0. The number of nitrogens with zero attached hydrogens (tertiary/aromatic N) is 1. The van der Waals surface area contributed by atoms with Crippen molar-refractivity contribution in [2.75, 3.05) is 19.6 Å². The van der Waals surface area contributed by atoms with Crippen LogP contribution in [0.3, 0.4) is 0 Å². The van der Waals surface area contributed by atoms with E-state index in [-0.39, 0.29) is 15.3 Å². The van der Waals surface area contributed by atoms with Crippen LogP contribution in [0, 0.1) is 0 Å². The lowest BCUT2D eigenvalue weighted by Gasteiger charge is -2.30. The normalized spacial score (nSPS) is 22.9. The largest absolute Gasteiger partial charge is 0.312 e. The van der Waals surface area contributed by atoms with E-state index in [1.54, 1.807) is 0 Å². The van der Waals surface area contributed by atoms with Gasteiger partial charge in [0.25, 0.3) is 0 Å². The highest BCUT2D eigenvalue weighted by molar-refractivity contribution is 7.89. The molecule has 1 fully saturated rings. The van der Waals surface area contributed by atoms with Crippen molar-refractivity contribution in [2.45, 2.75) is 17.9 Å². The topological polar surface area (TPSA) is 49.4 Å². The van der Waals surface area contributed by atoms with Crippen LogP contribution in [0.15, 0.2) is 11.0 Å². The summed E-state index contributed by atoms with van der Waals surface area (Å²) >= 11 is 12.7. The van der Waals surface area contributed by atoms with Crippen LogP contribution < -0.4 is 5.32 Å². The third-order valence-electron chi connectivity index (χ3n) is 2.57. The lowest BCUT2D eigenvalue weighted by molar-refractivity contribution is 0.310. The number of sulfonamides is 1. The maximum Gasteiger partial charge on any atom is 0.245 e. The van der Waals surface area contributed by atoms with Gasteiger partial charge in [-0.05, 0) is 13.0 Å². The first kappa shape index (κ1) is 13.6. The zero-order valence-corrected chi connectivity index (χ0v) is 12.3. The second-order valence-corrected chi connectivity index (χ2v) is 8.10. The van der Waals surface area contributed by atoms with E-state index in [1.807, 2.05) is 6.92 Å². The van der Waals surface area contributed by atoms with Gasteiger partial charge in [-0.25, -0.2) is 8.42 Å². The quantitative estimate of drug-likeness (QED) is 0.908. The summed E-state index contributed by atoms with van der Waals surface area (Å²) in [6.45, 7) is 3.50. The van der Waals surface area contributed by atoms with Gasteiger partial charge in [0.05, 0.1) is 4.34 Å². The van der Waals surface area contributed by atoms with Gasteiger partial charge in [0.2, 0.25) is 10.0 Å². The Labute approximate surface area is 115 Å². The molecule has 1 N–H and O–H groups in total. The van der Waals surface area contributed by atoms with E-state index in [2.05, 4.69) is 5.32 Å². The summed E-state index contributed by atoms with van der Waals surface area (Å²) in [7, 11) is -3.52. The zero-order chi connectivity index (χ0) is 12.6. The van der Waals surface area contributed by atoms with Crippen molar-refractivity contribution in [3.05, 3.63) is 14.7 Å². The minimum Gasteiger partial charge on any atom is -0.312 e. The Morgan fingerprint density at radius 3 is 2.76 bits per heavy atom. The van der Waals surface area contributed by atoms with Crippen LogP contribution in [-0.4, -0.2) is 38.4 Å². The van der Waals surface area contributed by atoms with Crippen LogP contribution in [0.5, 0.6) is 0 Å². The van der Waals surface area contributed by atoms with Crippen LogP contribution in [0.1, 0.15) is 6.92 Å². The molecule has 2 rings (SSSR count). The fourth-order valence-electron chi connectivity index (χ4n) is 1.76. The molecular formula is C9H12Cl2N2O2S2. The van der Waals surface area contributed by atoms with E-state index < -0.39 is 10.0 Å². The third kappa shape index (κ3) is 2.77. The summed E-state index contributed by atoms with van der Waals surface area (Å²) in [5.41, 5.74) is 0. The molecule has 1 aliphatic heterocycles. The minimum absolute atomic E-state index is 0.114. The molecule has 1 aliphatic rings. The molecule has 17 heavy (non-hydrogen) atoms. The minimum atomic E-state index is -3.52. The Hall–Kier alpha value is 0.150. The van der Waals surface area contributed by atoms with Crippen LogP contribution in [0.2, 0.25) is 8.67 Å². The molecule has 1 saturated heterocycles. The van der Waals surface area contributed by atoms with Gasteiger partial charge in [0.1, 0.15) is 9.23 Å². The molecule has 2 heterocycles. The molecule has 0 saturated carbocycles. The second kappa shape index (κ2) is 5.03. The molecule has 0 aromatic carbocycles. The standard InChI is InChI=1S/C9H12Cl2N2O2S2/c1-6-5-13(3-2-12-6)17(14,15)7-4-8(10)16-9(7)11/h4,6,12H,2-3,5H2,1H3/t6-/m0/s1. The van der Waals surface area contributed by atoms with Gasteiger partial charge in [-0.1, -0.05) is 23.2 Å². The van der Waals surface area contributed by atoms with E-state index in [4.69, 9.17) is 23.2 Å². The number of piperazine rings is 1. The molecule has 0 spiro atoms. The Kier molecular flexibility index (Phi) is 4.02. The van der Waals surface area contributed by atoms with Crippen molar-refractivity contribution in [3.8, 4) is 0 Å². The summed E-state index contributed by atoms with van der Waals surface area (Å²) < 4.78 is 26.7. The first-order valence-corrected chi connectivity index (χ1v) is 8.11. The summed E-state index contributed by atoms with van der Waals surface area (Å²) in [5, 5.41) is 3.19. The molecule has 4 nitrogen and oxygen atoms in total. The second-order valence-electron chi connectivity index (χ2n) is 3.91. The Morgan fingerprint density at radius 1 is 1.53 bits per heavy atom. The number of halogens is 2. The van der Waals surface area contributed by atoms with Crippen LogP contribution in [0.4, 0.5) is 0 Å². The summed E-state index contributed by atoms with van der Waals surface area (Å²) in [5.74, 6) is 0. The Bertz CT molecular complexity index is 515. The number of nitrogens with one attached hydrogen (secondary N) is 1. The molecule has 8 heteroatoms. The highest BCUT2D eigenvalue weighted by atomic mass is 35.5. The molecule has 1 atom stereocenters. The highest BCUT2D eigenvalue weighted by Crippen LogP contribution is 2.35. The van der Waals surface area contributed by atoms with Gasteiger partial charge < -0.3 is 5.32 Å². The summed E-state index contributed by atoms with van der Waals surface area (Å²) in [4.78, 5) is 0.114. The van der Waals surface area contributed by atoms with E-state index >= 15 is 0 Å². The van der Waals surface area contributed by atoms with Crippen molar-refractivity contribution in [1.29, 1.82) is 0 Å². The lowest BCUT2D eigenvalue weighted by Crippen LogP contribution is -2.51. The predicted molar refractivity (Wildman–Crippen MR) is 70.6 cm³/mol. The maximum atomic E-state index is 12.3. The molecular weight excluding hydrogens is 303 g/mol. The van der Waals surface area contributed by atoms with Crippen molar-refractivity contribution in [2.24, 2.45) is 0 Å². The first-order valence-electron chi connectivity index (χ1n) is 5.09. The average Bonchev–Trinajstić information content (AvgIpc) is 2.58. The SMILES string of the molecule is C[C@H]1CN(S(=O)(=O)c2cc(Cl)sc2Cl)CCN1. The maximum absolute atomic E-state index is 12.3. The van der Waals surface area contributed by atoms with Gasteiger partial charge in [-0.3, -0.25) is 0 Å². The van der Waals surface area contributed by atoms with Crippen LogP contribution in [-0.2, 0) is 10.0 Å². The average molecular weight is 315 g/mol. The van der Waals surface area contributed by atoms with Crippen LogP contribution >= 0.6 is 34.5 Å². The van der Waals surface area contributed by atoms with Gasteiger partial charge in [-0.2, -0.15) is 4.31 Å². The smallest absolute Gasteiger partial charge is 0.245 e. The molecule has 0 unspecified atom stereocenters. The van der Waals surface area contributed by atoms with Crippen molar-refractivity contribution in [1.82, 2.24) is 9.62 Å².